The summed E-state index contributed by atoms with van der Waals surface area (Å²) < 4.78 is 5.38. The van der Waals surface area contributed by atoms with Gasteiger partial charge in [0.2, 0.25) is 0 Å². The molecule has 0 amide bonds. The number of rotatable bonds is 2. The number of benzene rings is 1. The van der Waals surface area contributed by atoms with Crippen LogP contribution in [-0.2, 0) is 23.4 Å². The molecule has 0 spiro atoms. The molecule has 0 radical (unpaired) electrons. The summed E-state index contributed by atoms with van der Waals surface area (Å²) in [7, 11) is 0. The van der Waals surface area contributed by atoms with Crippen LogP contribution < -0.4 is 0 Å². The predicted molar refractivity (Wildman–Crippen MR) is 57.6 cm³/mol. The normalized spacial score (nSPS) is 21.1. The second kappa shape index (κ2) is 2.86. The summed E-state index contributed by atoms with van der Waals surface area (Å²) in [5, 5.41) is 9.62. The van der Waals surface area contributed by atoms with Gasteiger partial charge >= 0.3 is 0 Å². The van der Waals surface area contributed by atoms with E-state index in [2.05, 4.69) is 24.8 Å². The van der Waals surface area contributed by atoms with E-state index in [0.29, 0.717) is 12.4 Å². The van der Waals surface area contributed by atoms with Gasteiger partial charge in [-0.3, -0.25) is 0 Å². The molecule has 15 heavy (non-hydrogen) atoms. The summed E-state index contributed by atoms with van der Waals surface area (Å²) >= 11 is 0. The first-order valence-corrected chi connectivity index (χ1v) is 5.31. The van der Waals surface area contributed by atoms with Gasteiger partial charge in [-0.05, 0) is 29.5 Å². The zero-order valence-electron chi connectivity index (χ0n) is 8.62. The van der Waals surface area contributed by atoms with Crippen LogP contribution in [0.4, 0.5) is 0 Å². The minimum atomic E-state index is -0.141. The number of aliphatic hydroxyl groups excluding tert-OH is 1. The second-order valence-electron chi connectivity index (χ2n) is 4.51. The van der Waals surface area contributed by atoms with Gasteiger partial charge < -0.3 is 9.84 Å². The van der Waals surface area contributed by atoms with E-state index in [-0.39, 0.29) is 5.41 Å². The Morgan fingerprint density at radius 3 is 2.67 bits per heavy atom. The van der Waals surface area contributed by atoms with Crippen molar-refractivity contribution >= 4 is 0 Å². The molecule has 3 rings (SSSR count). The molecule has 2 heteroatoms. The molecule has 78 valence electrons. The molecular weight excluding hydrogens is 188 g/mol. The smallest absolute Gasteiger partial charge is 0.0956 e. The summed E-state index contributed by atoms with van der Waals surface area (Å²) in [5.74, 6) is 0.307. The zero-order chi connectivity index (χ0) is 10.5. The Labute approximate surface area is 89.2 Å². The van der Waals surface area contributed by atoms with Crippen molar-refractivity contribution in [2.24, 2.45) is 0 Å². The van der Waals surface area contributed by atoms with E-state index in [0.717, 1.165) is 19.4 Å². The third kappa shape index (κ3) is 1.21. The van der Waals surface area contributed by atoms with Gasteiger partial charge in [0.15, 0.2) is 0 Å². The molecule has 1 aliphatic heterocycles. The zero-order valence-corrected chi connectivity index (χ0v) is 8.62. The lowest BCUT2D eigenvalue weighted by Gasteiger charge is -2.14. The molecule has 1 N–H and O–H groups in total. The van der Waals surface area contributed by atoms with Gasteiger partial charge in [0.05, 0.1) is 24.4 Å². The number of allylic oxidation sites excluding steroid dienone is 1. The molecule has 2 nitrogen and oxygen atoms in total. The molecule has 1 fully saturated rings. The minimum Gasteiger partial charge on any atom is -0.512 e. The van der Waals surface area contributed by atoms with Crippen molar-refractivity contribution in [3.8, 4) is 0 Å². The third-order valence-corrected chi connectivity index (χ3v) is 3.58. The summed E-state index contributed by atoms with van der Waals surface area (Å²) in [6.07, 6.45) is 2.03. The highest BCUT2D eigenvalue weighted by Crippen LogP contribution is 2.52. The van der Waals surface area contributed by atoms with Crippen molar-refractivity contribution in [3.05, 3.63) is 47.2 Å². The molecule has 0 unspecified atom stereocenters. The topological polar surface area (TPSA) is 29.5 Å². The van der Waals surface area contributed by atoms with Crippen molar-refractivity contribution in [1.29, 1.82) is 0 Å². The Hall–Kier alpha value is -1.28. The van der Waals surface area contributed by atoms with Crippen molar-refractivity contribution in [1.82, 2.24) is 0 Å². The molecule has 1 heterocycles. The molecule has 0 atom stereocenters. The van der Waals surface area contributed by atoms with Crippen LogP contribution in [0.1, 0.15) is 29.5 Å². The average molecular weight is 202 g/mol. The Morgan fingerprint density at radius 2 is 2.00 bits per heavy atom. The summed E-state index contributed by atoms with van der Waals surface area (Å²) in [6.45, 7) is 5.11. The highest BCUT2D eigenvalue weighted by Gasteiger charge is 2.47. The molecule has 0 aromatic heterocycles. The highest BCUT2D eigenvalue weighted by molar-refractivity contribution is 5.44. The van der Waals surface area contributed by atoms with Gasteiger partial charge in [0, 0.05) is 0 Å². The predicted octanol–water partition coefficient (Wildman–Crippen LogP) is 2.82. The fourth-order valence-corrected chi connectivity index (χ4v) is 2.34. The van der Waals surface area contributed by atoms with E-state index >= 15 is 0 Å². The Morgan fingerprint density at radius 1 is 1.27 bits per heavy atom. The van der Waals surface area contributed by atoms with Crippen molar-refractivity contribution in [2.75, 3.05) is 0 Å². The Kier molecular flexibility index (Phi) is 1.71. The summed E-state index contributed by atoms with van der Waals surface area (Å²) in [4.78, 5) is 0. The van der Waals surface area contributed by atoms with E-state index < -0.39 is 0 Å². The van der Waals surface area contributed by atoms with E-state index in [1.165, 1.54) is 16.7 Å². The van der Waals surface area contributed by atoms with E-state index in [4.69, 9.17) is 4.74 Å². The third-order valence-electron chi connectivity index (χ3n) is 3.58. The van der Waals surface area contributed by atoms with Gasteiger partial charge in [-0.25, -0.2) is 0 Å². The van der Waals surface area contributed by atoms with Gasteiger partial charge in [0.25, 0.3) is 0 Å². The van der Waals surface area contributed by atoms with Crippen LogP contribution in [-0.4, -0.2) is 5.11 Å². The number of ether oxygens (including phenoxy) is 1. The minimum absolute atomic E-state index is 0.141. The first kappa shape index (κ1) is 8.98. The van der Waals surface area contributed by atoms with Crippen molar-refractivity contribution in [3.63, 3.8) is 0 Å². The molecule has 0 bridgehead atoms. The number of hydrogen-bond donors (Lipinski definition) is 1. The fourth-order valence-electron chi connectivity index (χ4n) is 2.34. The highest BCUT2D eigenvalue weighted by atomic mass is 16.5. The SMILES string of the molecule is C=C(O)C1(c2ccc3c(c2)COC3)CC1. The van der Waals surface area contributed by atoms with Crippen LogP contribution in [0.15, 0.2) is 30.5 Å². The van der Waals surface area contributed by atoms with Crippen molar-refractivity contribution < 1.29 is 9.84 Å². The molecule has 1 aliphatic carbocycles. The van der Waals surface area contributed by atoms with E-state index in [9.17, 15) is 5.11 Å². The largest absolute Gasteiger partial charge is 0.512 e. The maximum atomic E-state index is 9.62. The van der Waals surface area contributed by atoms with Crippen LogP contribution in [0.5, 0.6) is 0 Å². The number of hydrogen-bond acceptors (Lipinski definition) is 2. The molecular formula is C13H14O2. The van der Waals surface area contributed by atoms with Gasteiger partial charge in [0.1, 0.15) is 0 Å². The van der Waals surface area contributed by atoms with Crippen LogP contribution in [0.3, 0.4) is 0 Å². The van der Waals surface area contributed by atoms with Crippen LogP contribution in [0.2, 0.25) is 0 Å². The van der Waals surface area contributed by atoms with Gasteiger partial charge in [-0.2, -0.15) is 0 Å². The lowest BCUT2D eigenvalue weighted by Crippen LogP contribution is -2.09. The van der Waals surface area contributed by atoms with E-state index in [1.807, 2.05) is 0 Å². The first-order chi connectivity index (χ1) is 7.22. The lowest BCUT2D eigenvalue weighted by atomic mass is 9.92. The molecule has 0 saturated heterocycles. The van der Waals surface area contributed by atoms with E-state index in [1.54, 1.807) is 0 Å². The molecule has 1 aromatic carbocycles. The summed E-state index contributed by atoms with van der Waals surface area (Å²) in [5.41, 5.74) is 3.59. The van der Waals surface area contributed by atoms with Crippen LogP contribution in [0.25, 0.3) is 0 Å². The Bertz CT molecular complexity index is 430. The Balaban J connectivity index is 2.03. The average Bonchev–Trinajstić information content (AvgIpc) is 2.91. The lowest BCUT2D eigenvalue weighted by molar-refractivity contribution is 0.134. The number of aliphatic hydroxyl groups is 1. The maximum absolute atomic E-state index is 9.62. The fraction of sp³-hybridized carbons (Fsp3) is 0.385. The van der Waals surface area contributed by atoms with Crippen LogP contribution >= 0.6 is 0 Å². The molecule has 1 saturated carbocycles. The van der Waals surface area contributed by atoms with Crippen LogP contribution in [0, 0.1) is 0 Å². The first-order valence-electron chi connectivity index (χ1n) is 5.31. The standard InChI is InChI=1S/C13H14O2/c1-9(14)13(4-5-13)12-3-2-10-7-15-8-11(10)6-12/h2-3,6,14H,1,4-5,7-8H2. The molecule has 1 aromatic rings. The number of fused-ring (bicyclic) bond motifs is 1. The van der Waals surface area contributed by atoms with Gasteiger partial charge in [-0.15, -0.1) is 0 Å². The monoisotopic (exact) mass is 202 g/mol. The van der Waals surface area contributed by atoms with Gasteiger partial charge in [-0.1, -0.05) is 24.8 Å². The summed E-state index contributed by atoms with van der Waals surface area (Å²) in [6, 6.07) is 6.37. The maximum Gasteiger partial charge on any atom is 0.0956 e. The quantitative estimate of drug-likeness (QED) is 0.747. The van der Waals surface area contributed by atoms with Crippen molar-refractivity contribution in [2.45, 2.75) is 31.5 Å². The second-order valence-corrected chi connectivity index (χ2v) is 4.51. The molecule has 2 aliphatic rings.